The minimum Gasteiger partial charge on any atom is -0.349 e. The summed E-state index contributed by atoms with van der Waals surface area (Å²) in [5.41, 5.74) is 0.190. The molecule has 0 spiro atoms. The summed E-state index contributed by atoms with van der Waals surface area (Å²) >= 11 is 0.679. The number of carbonyl (C=O) groups excluding carboxylic acids is 3. The number of rotatable bonds is 5. The van der Waals surface area contributed by atoms with Gasteiger partial charge in [-0.3, -0.25) is 19.3 Å². The van der Waals surface area contributed by atoms with Crippen molar-refractivity contribution in [2.45, 2.75) is 12.5 Å². The van der Waals surface area contributed by atoms with Crippen molar-refractivity contribution in [3.63, 3.8) is 0 Å². The molecule has 1 aromatic carbocycles. The summed E-state index contributed by atoms with van der Waals surface area (Å²) in [6, 6.07) is 5.25. The third kappa shape index (κ3) is 4.64. The molecule has 27 heavy (non-hydrogen) atoms. The first-order valence-electron chi connectivity index (χ1n) is 7.95. The molecule has 2 aliphatic heterocycles. The van der Waals surface area contributed by atoms with E-state index in [1.54, 1.807) is 6.07 Å². The second-order valence-corrected chi connectivity index (χ2v) is 8.86. The van der Waals surface area contributed by atoms with Crippen molar-refractivity contribution in [2.24, 2.45) is 0 Å². The van der Waals surface area contributed by atoms with Crippen molar-refractivity contribution < 1.29 is 27.2 Å². The molecule has 0 radical (unpaired) electrons. The highest BCUT2D eigenvalue weighted by molar-refractivity contribution is 8.18. The zero-order valence-corrected chi connectivity index (χ0v) is 15.6. The minimum atomic E-state index is -3.29. The van der Waals surface area contributed by atoms with Crippen molar-refractivity contribution in [1.29, 1.82) is 0 Å². The summed E-state index contributed by atoms with van der Waals surface area (Å²) in [6.45, 7) is -0.145. The number of carbonyl (C=O) groups is 3. The van der Waals surface area contributed by atoms with E-state index in [0.717, 1.165) is 10.3 Å². The van der Waals surface area contributed by atoms with Crippen LogP contribution in [0.15, 0.2) is 40.7 Å². The number of thioether (sulfide) groups is 1. The van der Waals surface area contributed by atoms with E-state index < -0.39 is 38.7 Å². The smallest absolute Gasteiger partial charge is 0.293 e. The van der Waals surface area contributed by atoms with Gasteiger partial charge >= 0.3 is 0 Å². The number of imide groups is 1. The molecule has 0 saturated carbocycles. The van der Waals surface area contributed by atoms with E-state index in [1.807, 2.05) is 0 Å². The Morgan fingerprint density at radius 3 is 2.74 bits per heavy atom. The molecule has 142 valence electrons. The third-order valence-electron chi connectivity index (χ3n) is 3.90. The molecule has 1 unspecified atom stereocenters. The van der Waals surface area contributed by atoms with Crippen LogP contribution in [0.5, 0.6) is 0 Å². The van der Waals surface area contributed by atoms with Gasteiger partial charge in [0.1, 0.15) is 5.82 Å². The standard InChI is InChI=1S/C17H15FN2O5S2/c18-13-4-2-1-3-11(13)9-14-16(22)20(17(23)26-14)7-5-15(21)19-12-6-8-27(24,25)10-12/h1-4,6,8-9,12H,5,7,10H2,(H,19,21)/b14-9+. The highest BCUT2D eigenvalue weighted by Gasteiger charge is 2.35. The molecule has 10 heteroatoms. The molecule has 0 aromatic heterocycles. The number of nitrogens with zero attached hydrogens (tertiary/aromatic N) is 1. The highest BCUT2D eigenvalue weighted by atomic mass is 32.2. The second-order valence-electron chi connectivity index (χ2n) is 5.94. The van der Waals surface area contributed by atoms with Crippen LogP contribution in [0.2, 0.25) is 0 Å². The van der Waals surface area contributed by atoms with Gasteiger partial charge in [0.25, 0.3) is 11.1 Å². The predicted octanol–water partition coefficient (Wildman–Crippen LogP) is 1.68. The van der Waals surface area contributed by atoms with Gasteiger partial charge in [-0.1, -0.05) is 18.2 Å². The number of sulfone groups is 1. The number of benzene rings is 1. The lowest BCUT2D eigenvalue weighted by atomic mass is 10.2. The topological polar surface area (TPSA) is 101 Å². The van der Waals surface area contributed by atoms with Gasteiger partial charge in [0.2, 0.25) is 5.91 Å². The molecule has 3 amide bonds. The highest BCUT2D eigenvalue weighted by Crippen LogP contribution is 2.32. The van der Waals surface area contributed by atoms with Crippen LogP contribution in [0.1, 0.15) is 12.0 Å². The van der Waals surface area contributed by atoms with E-state index in [-0.39, 0.29) is 29.2 Å². The Morgan fingerprint density at radius 2 is 2.07 bits per heavy atom. The van der Waals surface area contributed by atoms with Gasteiger partial charge in [-0.2, -0.15) is 0 Å². The maximum atomic E-state index is 13.7. The van der Waals surface area contributed by atoms with Crippen LogP contribution in [0.25, 0.3) is 6.08 Å². The molecular formula is C17H15FN2O5S2. The summed E-state index contributed by atoms with van der Waals surface area (Å²) < 4.78 is 36.3. The molecule has 0 aliphatic carbocycles. The Bertz CT molecular complexity index is 971. The van der Waals surface area contributed by atoms with Gasteiger partial charge in [-0.25, -0.2) is 12.8 Å². The van der Waals surface area contributed by atoms with Crippen molar-refractivity contribution in [1.82, 2.24) is 10.2 Å². The molecule has 1 atom stereocenters. The van der Waals surface area contributed by atoms with Crippen molar-refractivity contribution in [2.75, 3.05) is 12.3 Å². The average Bonchev–Trinajstić information content (AvgIpc) is 3.07. The quantitative estimate of drug-likeness (QED) is 0.742. The van der Waals surface area contributed by atoms with E-state index in [4.69, 9.17) is 0 Å². The fourth-order valence-electron chi connectivity index (χ4n) is 2.58. The summed E-state index contributed by atoms with van der Waals surface area (Å²) in [6.07, 6.45) is 2.52. The fourth-order valence-corrected chi connectivity index (χ4v) is 4.68. The van der Waals surface area contributed by atoms with Gasteiger partial charge in [-0.15, -0.1) is 0 Å². The van der Waals surface area contributed by atoms with Gasteiger partial charge in [0.05, 0.1) is 16.7 Å². The summed E-state index contributed by atoms with van der Waals surface area (Å²) in [4.78, 5) is 37.3. The van der Waals surface area contributed by atoms with Gasteiger partial charge in [0.15, 0.2) is 9.84 Å². The van der Waals surface area contributed by atoms with Crippen LogP contribution < -0.4 is 5.32 Å². The molecule has 7 nitrogen and oxygen atoms in total. The third-order valence-corrected chi connectivity index (χ3v) is 6.21. The first kappa shape index (κ1) is 19.3. The molecule has 0 bridgehead atoms. The summed E-state index contributed by atoms with van der Waals surface area (Å²) in [5.74, 6) is -1.78. The van der Waals surface area contributed by atoms with Crippen molar-refractivity contribution >= 4 is 44.7 Å². The Balaban J connectivity index is 1.59. The molecule has 1 N–H and O–H groups in total. The number of hydrogen-bond donors (Lipinski definition) is 1. The Morgan fingerprint density at radius 1 is 1.33 bits per heavy atom. The van der Waals surface area contributed by atoms with Crippen LogP contribution in [0.4, 0.5) is 9.18 Å². The van der Waals surface area contributed by atoms with E-state index in [2.05, 4.69) is 5.32 Å². The maximum Gasteiger partial charge on any atom is 0.293 e. The lowest BCUT2D eigenvalue weighted by molar-refractivity contribution is -0.124. The van der Waals surface area contributed by atoms with Crippen LogP contribution in [-0.2, 0) is 19.4 Å². The van der Waals surface area contributed by atoms with E-state index in [9.17, 15) is 27.2 Å². The first-order chi connectivity index (χ1) is 12.7. The van der Waals surface area contributed by atoms with E-state index in [1.165, 1.54) is 30.4 Å². The Labute approximate surface area is 159 Å². The second kappa shape index (κ2) is 7.65. The van der Waals surface area contributed by atoms with Gasteiger partial charge in [0, 0.05) is 23.9 Å². The van der Waals surface area contributed by atoms with Gasteiger partial charge < -0.3 is 5.32 Å². The number of amides is 3. The van der Waals surface area contributed by atoms with Crippen LogP contribution >= 0.6 is 11.8 Å². The predicted molar refractivity (Wildman–Crippen MR) is 98.6 cm³/mol. The Kier molecular flexibility index (Phi) is 5.47. The molecule has 1 saturated heterocycles. The van der Waals surface area contributed by atoms with Crippen LogP contribution in [0, 0.1) is 5.82 Å². The minimum absolute atomic E-state index is 0.0790. The number of hydrogen-bond acceptors (Lipinski definition) is 6. The molecule has 2 aliphatic rings. The summed E-state index contributed by atoms with van der Waals surface area (Å²) in [5, 5.41) is 3.02. The normalized spacial score (nSPS) is 22.6. The molecular weight excluding hydrogens is 395 g/mol. The molecule has 1 fully saturated rings. The fraction of sp³-hybridized carbons (Fsp3) is 0.235. The van der Waals surface area contributed by atoms with Crippen molar-refractivity contribution in [3.05, 3.63) is 52.0 Å². The van der Waals surface area contributed by atoms with E-state index >= 15 is 0 Å². The zero-order valence-electron chi connectivity index (χ0n) is 13.9. The SMILES string of the molecule is O=C(CCN1C(=O)S/C(=C/c2ccccc2F)C1=O)NC1C=CS(=O)(=O)C1. The average molecular weight is 410 g/mol. The monoisotopic (exact) mass is 410 g/mol. The molecule has 1 aromatic rings. The van der Waals surface area contributed by atoms with Crippen molar-refractivity contribution in [3.8, 4) is 0 Å². The molecule has 2 heterocycles. The molecule has 3 rings (SSSR count). The first-order valence-corrected chi connectivity index (χ1v) is 10.5. The lowest BCUT2D eigenvalue weighted by Gasteiger charge is -2.14. The maximum absolute atomic E-state index is 13.7. The Hall–Kier alpha value is -2.46. The zero-order chi connectivity index (χ0) is 19.6. The van der Waals surface area contributed by atoms with Crippen LogP contribution in [-0.4, -0.2) is 48.7 Å². The summed E-state index contributed by atoms with van der Waals surface area (Å²) in [7, 11) is -3.29. The number of nitrogens with one attached hydrogen (secondary N) is 1. The lowest BCUT2D eigenvalue weighted by Crippen LogP contribution is -2.38. The van der Waals surface area contributed by atoms with Gasteiger partial charge in [-0.05, 0) is 30.0 Å². The largest absolute Gasteiger partial charge is 0.349 e. The number of halogens is 1. The van der Waals surface area contributed by atoms with E-state index in [0.29, 0.717) is 11.8 Å². The van der Waals surface area contributed by atoms with Crippen LogP contribution in [0.3, 0.4) is 0 Å².